The summed E-state index contributed by atoms with van der Waals surface area (Å²) in [6.45, 7) is 1.34. The molecule has 0 aliphatic carbocycles. The molecule has 0 saturated heterocycles. The Bertz CT molecular complexity index is 807. The summed E-state index contributed by atoms with van der Waals surface area (Å²) in [4.78, 5) is 6.71. The van der Waals surface area contributed by atoms with Crippen LogP contribution in [-0.2, 0) is 13.1 Å². The third-order valence-corrected chi connectivity index (χ3v) is 3.86. The van der Waals surface area contributed by atoms with Gasteiger partial charge in [0.15, 0.2) is 5.96 Å². The second kappa shape index (κ2) is 8.15. The molecule has 0 radical (unpaired) electrons. The van der Waals surface area contributed by atoms with Crippen LogP contribution >= 0.6 is 0 Å². The molecule has 0 atom stereocenters. The number of guanidine groups is 1. The third-order valence-electron chi connectivity index (χ3n) is 3.86. The largest absolute Gasteiger partial charge is 0.352 e. The number of benzene rings is 2. The first kappa shape index (κ1) is 16.8. The highest BCUT2D eigenvalue weighted by Crippen LogP contribution is 2.13. The Morgan fingerprint density at radius 1 is 1.04 bits per heavy atom. The smallest absolute Gasteiger partial charge is 0.194 e. The molecule has 0 aliphatic rings. The molecule has 0 unspecified atom stereocenters. The summed E-state index contributed by atoms with van der Waals surface area (Å²) < 4.78 is 1.88. The van der Waals surface area contributed by atoms with Gasteiger partial charge in [-0.05, 0) is 23.3 Å². The molecule has 25 heavy (non-hydrogen) atoms. The van der Waals surface area contributed by atoms with Gasteiger partial charge in [-0.2, -0.15) is 5.10 Å². The molecule has 1 N–H and O–H groups in total. The highest BCUT2D eigenvalue weighted by Gasteiger charge is 2.07. The van der Waals surface area contributed by atoms with Gasteiger partial charge < -0.3 is 10.2 Å². The van der Waals surface area contributed by atoms with Crippen LogP contribution in [-0.4, -0.2) is 34.7 Å². The van der Waals surface area contributed by atoms with E-state index in [1.54, 1.807) is 6.20 Å². The van der Waals surface area contributed by atoms with E-state index in [0.717, 1.165) is 11.6 Å². The number of nitrogens with one attached hydrogen (secondary N) is 1. The van der Waals surface area contributed by atoms with Gasteiger partial charge >= 0.3 is 0 Å². The summed E-state index contributed by atoms with van der Waals surface area (Å²) in [6, 6.07) is 20.4. The van der Waals surface area contributed by atoms with E-state index in [-0.39, 0.29) is 0 Å². The summed E-state index contributed by atoms with van der Waals surface area (Å²) in [7, 11) is 3.99. The van der Waals surface area contributed by atoms with E-state index in [2.05, 4.69) is 34.7 Å². The molecule has 5 heteroatoms. The minimum Gasteiger partial charge on any atom is -0.352 e. The van der Waals surface area contributed by atoms with Crippen LogP contribution in [0.2, 0.25) is 0 Å². The van der Waals surface area contributed by atoms with Gasteiger partial charge in [0.05, 0.1) is 12.2 Å². The van der Waals surface area contributed by atoms with Crippen molar-refractivity contribution < 1.29 is 0 Å². The quantitative estimate of drug-likeness (QED) is 0.576. The predicted molar refractivity (Wildman–Crippen MR) is 102 cm³/mol. The first-order chi connectivity index (χ1) is 12.2. The average molecular weight is 333 g/mol. The van der Waals surface area contributed by atoms with E-state index in [4.69, 9.17) is 4.99 Å². The van der Waals surface area contributed by atoms with Crippen molar-refractivity contribution in [3.63, 3.8) is 0 Å². The second-order valence-electron chi connectivity index (χ2n) is 5.95. The normalized spacial score (nSPS) is 11.4. The highest BCUT2D eigenvalue weighted by atomic mass is 15.3. The zero-order valence-corrected chi connectivity index (χ0v) is 14.6. The molecular formula is C20H23N5. The van der Waals surface area contributed by atoms with Crippen molar-refractivity contribution in [3.8, 4) is 5.69 Å². The molecular weight excluding hydrogens is 310 g/mol. The lowest BCUT2D eigenvalue weighted by Gasteiger charge is -2.19. The number of hydrogen-bond donors (Lipinski definition) is 1. The first-order valence-electron chi connectivity index (χ1n) is 8.31. The first-order valence-corrected chi connectivity index (χ1v) is 8.31. The summed E-state index contributed by atoms with van der Waals surface area (Å²) in [5.41, 5.74) is 3.43. The standard InChI is InChI=1S/C20H23N5/c1-24(2)20(21-15-17-9-4-3-5-10-17)22-16-18-11-6-7-12-19(18)25-14-8-13-23-25/h3-14H,15-16H2,1-2H3,(H,21,22). The number of rotatable bonds is 5. The van der Waals surface area contributed by atoms with Gasteiger partial charge in [0, 0.05) is 33.0 Å². The van der Waals surface area contributed by atoms with Crippen molar-refractivity contribution in [2.24, 2.45) is 4.99 Å². The zero-order valence-electron chi connectivity index (χ0n) is 14.6. The van der Waals surface area contributed by atoms with Gasteiger partial charge in [-0.1, -0.05) is 48.5 Å². The van der Waals surface area contributed by atoms with Crippen molar-refractivity contribution in [1.29, 1.82) is 0 Å². The van der Waals surface area contributed by atoms with Crippen molar-refractivity contribution in [2.45, 2.75) is 13.1 Å². The zero-order chi connectivity index (χ0) is 17.5. The molecule has 3 aromatic rings. The van der Waals surface area contributed by atoms with E-state index in [1.807, 2.05) is 66.3 Å². The summed E-state index contributed by atoms with van der Waals surface area (Å²) in [5, 5.41) is 7.78. The van der Waals surface area contributed by atoms with Gasteiger partial charge in [0.25, 0.3) is 0 Å². The van der Waals surface area contributed by atoms with Gasteiger partial charge in [0.2, 0.25) is 0 Å². The number of nitrogens with zero attached hydrogens (tertiary/aromatic N) is 4. The van der Waals surface area contributed by atoms with Crippen LogP contribution in [0.15, 0.2) is 78.0 Å². The number of hydrogen-bond acceptors (Lipinski definition) is 2. The van der Waals surface area contributed by atoms with Crippen LogP contribution in [0.25, 0.3) is 5.69 Å². The predicted octanol–water partition coefficient (Wildman–Crippen LogP) is 3.08. The highest BCUT2D eigenvalue weighted by molar-refractivity contribution is 5.79. The fourth-order valence-electron chi connectivity index (χ4n) is 2.57. The molecule has 0 fully saturated rings. The van der Waals surface area contributed by atoms with Crippen LogP contribution in [0.5, 0.6) is 0 Å². The second-order valence-corrected chi connectivity index (χ2v) is 5.95. The molecule has 0 amide bonds. The Kier molecular flexibility index (Phi) is 5.46. The Labute approximate surface area is 148 Å². The summed E-state index contributed by atoms with van der Waals surface area (Å²) in [5.74, 6) is 0.860. The Balaban J connectivity index is 1.72. The van der Waals surface area contributed by atoms with Crippen molar-refractivity contribution in [2.75, 3.05) is 14.1 Å². The number of para-hydroxylation sites is 1. The molecule has 5 nitrogen and oxygen atoms in total. The minimum absolute atomic E-state index is 0.655. The van der Waals surface area contributed by atoms with Gasteiger partial charge in [0.1, 0.15) is 0 Å². The monoisotopic (exact) mass is 333 g/mol. The van der Waals surface area contributed by atoms with Crippen LogP contribution in [0.3, 0.4) is 0 Å². The minimum atomic E-state index is 0.655. The Morgan fingerprint density at radius 3 is 2.52 bits per heavy atom. The lowest BCUT2D eigenvalue weighted by molar-refractivity contribution is 0.578. The molecule has 2 aromatic carbocycles. The third kappa shape index (κ3) is 4.47. The lowest BCUT2D eigenvalue weighted by atomic mass is 10.2. The topological polar surface area (TPSA) is 45.5 Å². The molecule has 1 heterocycles. The Hall–Kier alpha value is -3.08. The van der Waals surface area contributed by atoms with E-state index in [1.165, 1.54) is 11.1 Å². The van der Waals surface area contributed by atoms with Gasteiger partial charge in [-0.15, -0.1) is 0 Å². The Morgan fingerprint density at radius 2 is 1.80 bits per heavy atom. The van der Waals surface area contributed by atoms with Gasteiger partial charge in [-0.25, -0.2) is 9.67 Å². The van der Waals surface area contributed by atoms with Crippen molar-refractivity contribution in [1.82, 2.24) is 20.0 Å². The van der Waals surface area contributed by atoms with E-state index < -0.39 is 0 Å². The van der Waals surface area contributed by atoms with Crippen LogP contribution in [0.1, 0.15) is 11.1 Å². The number of aromatic nitrogens is 2. The SMILES string of the molecule is CN(C)C(=NCc1ccccc1)NCc1ccccc1-n1cccn1. The number of aliphatic imine (C=N–C) groups is 1. The molecule has 1 aromatic heterocycles. The molecule has 0 spiro atoms. The van der Waals surface area contributed by atoms with Crippen molar-refractivity contribution in [3.05, 3.63) is 84.2 Å². The van der Waals surface area contributed by atoms with Gasteiger partial charge in [-0.3, -0.25) is 0 Å². The fraction of sp³-hybridized carbons (Fsp3) is 0.200. The maximum atomic E-state index is 4.71. The van der Waals surface area contributed by atoms with Crippen LogP contribution < -0.4 is 5.32 Å². The molecule has 3 rings (SSSR count). The maximum Gasteiger partial charge on any atom is 0.194 e. The summed E-state index contributed by atoms with van der Waals surface area (Å²) >= 11 is 0. The fourth-order valence-corrected chi connectivity index (χ4v) is 2.57. The van der Waals surface area contributed by atoms with Crippen LogP contribution in [0.4, 0.5) is 0 Å². The summed E-state index contributed by atoms with van der Waals surface area (Å²) in [6.07, 6.45) is 3.74. The van der Waals surface area contributed by atoms with E-state index in [9.17, 15) is 0 Å². The van der Waals surface area contributed by atoms with Crippen molar-refractivity contribution >= 4 is 5.96 Å². The lowest BCUT2D eigenvalue weighted by Crippen LogP contribution is -2.36. The maximum absolute atomic E-state index is 4.71. The molecule has 0 aliphatic heterocycles. The van der Waals surface area contributed by atoms with Crippen LogP contribution in [0, 0.1) is 0 Å². The molecule has 0 saturated carbocycles. The average Bonchev–Trinajstić information content (AvgIpc) is 3.17. The van der Waals surface area contributed by atoms with E-state index in [0.29, 0.717) is 13.1 Å². The van der Waals surface area contributed by atoms with E-state index >= 15 is 0 Å². The molecule has 128 valence electrons. The molecule has 0 bridgehead atoms.